The standard InChI is InChI=1S/C21H23ClN4O/c1-13(2)10-11-23-20-18-12-16(15-4-7-17(22)8-5-15)6-9-19(18)25-21(26-20)24-14(3)27/h4-9,12-13H,10-11H2,1-3H3,(H2,23,24,25,26,27). The summed E-state index contributed by atoms with van der Waals surface area (Å²) in [7, 11) is 0. The first-order chi connectivity index (χ1) is 12.9. The highest BCUT2D eigenvalue weighted by Gasteiger charge is 2.11. The summed E-state index contributed by atoms with van der Waals surface area (Å²) in [6, 6.07) is 13.7. The number of anilines is 2. The van der Waals surface area contributed by atoms with Crippen LogP contribution in [0.2, 0.25) is 5.02 Å². The lowest BCUT2D eigenvalue weighted by atomic mass is 10.0. The third kappa shape index (κ3) is 4.95. The molecular weight excluding hydrogens is 360 g/mol. The Labute approximate surface area is 164 Å². The van der Waals surface area contributed by atoms with Gasteiger partial charge in [-0.15, -0.1) is 0 Å². The molecule has 3 aromatic rings. The maximum Gasteiger partial charge on any atom is 0.231 e. The molecule has 2 N–H and O–H groups in total. The highest BCUT2D eigenvalue weighted by Crippen LogP contribution is 2.29. The molecule has 6 heteroatoms. The van der Waals surface area contributed by atoms with Crippen LogP contribution in [-0.2, 0) is 4.79 Å². The molecule has 0 saturated carbocycles. The molecule has 140 valence electrons. The van der Waals surface area contributed by atoms with E-state index in [4.69, 9.17) is 11.6 Å². The second-order valence-corrected chi connectivity index (χ2v) is 7.36. The fourth-order valence-electron chi connectivity index (χ4n) is 2.78. The molecule has 1 amide bonds. The van der Waals surface area contributed by atoms with Crippen molar-refractivity contribution in [3.63, 3.8) is 0 Å². The molecule has 0 spiro atoms. The summed E-state index contributed by atoms with van der Waals surface area (Å²) in [4.78, 5) is 20.4. The van der Waals surface area contributed by atoms with Crippen LogP contribution >= 0.6 is 11.6 Å². The molecule has 1 heterocycles. The van der Waals surface area contributed by atoms with E-state index in [0.29, 0.717) is 16.9 Å². The minimum absolute atomic E-state index is 0.194. The topological polar surface area (TPSA) is 66.9 Å². The van der Waals surface area contributed by atoms with E-state index in [9.17, 15) is 4.79 Å². The lowest BCUT2D eigenvalue weighted by Crippen LogP contribution is -2.12. The molecule has 5 nitrogen and oxygen atoms in total. The van der Waals surface area contributed by atoms with E-state index >= 15 is 0 Å². The highest BCUT2D eigenvalue weighted by molar-refractivity contribution is 6.30. The van der Waals surface area contributed by atoms with Crippen LogP contribution in [0.1, 0.15) is 27.2 Å². The Hall–Kier alpha value is -2.66. The number of carbonyl (C=O) groups is 1. The number of aromatic nitrogens is 2. The molecule has 0 aliphatic heterocycles. The fourth-order valence-corrected chi connectivity index (χ4v) is 2.90. The average Bonchev–Trinajstić information content (AvgIpc) is 2.61. The van der Waals surface area contributed by atoms with E-state index in [1.807, 2.05) is 36.4 Å². The van der Waals surface area contributed by atoms with Crippen LogP contribution in [-0.4, -0.2) is 22.4 Å². The van der Waals surface area contributed by atoms with Crippen molar-refractivity contribution in [2.45, 2.75) is 27.2 Å². The van der Waals surface area contributed by atoms with Crippen LogP contribution in [0.25, 0.3) is 22.0 Å². The van der Waals surface area contributed by atoms with E-state index in [1.165, 1.54) is 6.92 Å². The van der Waals surface area contributed by atoms with Gasteiger partial charge in [-0.2, -0.15) is 4.98 Å². The third-order valence-corrected chi connectivity index (χ3v) is 4.43. The maximum atomic E-state index is 11.4. The number of halogens is 1. The molecule has 0 aliphatic carbocycles. The van der Waals surface area contributed by atoms with Crippen molar-refractivity contribution in [2.75, 3.05) is 17.2 Å². The number of rotatable bonds is 6. The monoisotopic (exact) mass is 382 g/mol. The van der Waals surface area contributed by atoms with Crippen molar-refractivity contribution < 1.29 is 4.79 Å². The zero-order valence-corrected chi connectivity index (χ0v) is 16.5. The Morgan fingerprint density at radius 1 is 1.07 bits per heavy atom. The molecule has 0 unspecified atom stereocenters. The largest absolute Gasteiger partial charge is 0.369 e. The van der Waals surface area contributed by atoms with Crippen molar-refractivity contribution in [1.82, 2.24) is 9.97 Å². The number of hydrogen-bond acceptors (Lipinski definition) is 4. The molecule has 3 rings (SSSR count). The van der Waals surface area contributed by atoms with Gasteiger partial charge in [0.25, 0.3) is 0 Å². The first kappa shape index (κ1) is 19.1. The first-order valence-corrected chi connectivity index (χ1v) is 9.39. The van der Waals surface area contributed by atoms with Gasteiger partial charge in [0, 0.05) is 23.9 Å². The SMILES string of the molecule is CC(=O)Nc1nc(NCCC(C)C)c2cc(-c3ccc(Cl)cc3)ccc2n1. The van der Waals surface area contributed by atoms with E-state index < -0.39 is 0 Å². The summed E-state index contributed by atoms with van der Waals surface area (Å²) in [5, 5.41) is 7.69. The maximum absolute atomic E-state index is 11.4. The van der Waals surface area contributed by atoms with Crippen molar-refractivity contribution >= 4 is 40.2 Å². The summed E-state index contributed by atoms with van der Waals surface area (Å²) in [6.45, 7) is 6.61. The third-order valence-electron chi connectivity index (χ3n) is 4.18. The summed E-state index contributed by atoms with van der Waals surface area (Å²) >= 11 is 6.00. The lowest BCUT2D eigenvalue weighted by molar-refractivity contribution is -0.114. The van der Waals surface area contributed by atoms with E-state index in [-0.39, 0.29) is 5.91 Å². The van der Waals surface area contributed by atoms with Crippen LogP contribution in [0.15, 0.2) is 42.5 Å². The highest BCUT2D eigenvalue weighted by atomic mass is 35.5. The second-order valence-electron chi connectivity index (χ2n) is 6.93. The van der Waals surface area contributed by atoms with Crippen LogP contribution in [0, 0.1) is 5.92 Å². The molecule has 0 saturated heterocycles. The Bertz CT molecular complexity index is 954. The molecule has 0 fully saturated rings. The zero-order chi connectivity index (χ0) is 19.4. The van der Waals surface area contributed by atoms with Gasteiger partial charge < -0.3 is 5.32 Å². The van der Waals surface area contributed by atoms with Gasteiger partial charge in [0.1, 0.15) is 5.82 Å². The smallest absolute Gasteiger partial charge is 0.231 e. The van der Waals surface area contributed by atoms with Crippen molar-refractivity contribution in [3.8, 4) is 11.1 Å². The first-order valence-electron chi connectivity index (χ1n) is 9.01. The van der Waals surface area contributed by atoms with E-state index in [2.05, 4.69) is 40.5 Å². The molecule has 0 bridgehead atoms. The summed E-state index contributed by atoms with van der Waals surface area (Å²) < 4.78 is 0. The Balaban J connectivity index is 2.03. The number of amides is 1. The predicted molar refractivity (Wildman–Crippen MR) is 112 cm³/mol. The molecule has 27 heavy (non-hydrogen) atoms. The Morgan fingerprint density at radius 3 is 2.44 bits per heavy atom. The van der Waals surface area contributed by atoms with E-state index in [1.54, 1.807) is 0 Å². The summed E-state index contributed by atoms with van der Waals surface area (Å²) in [5.41, 5.74) is 2.90. The van der Waals surface area contributed by atoms with Gasteiger partial charge in [0.05, 0.1) is 5.52 Å². The molecule has 1 aromatic heterocycles. The molecule has 2 aromatic carbocycles. The zero-order valence-electron chi connectivity index (χ0n) is 15.7. The van der Waals surface area contributed by atoms with Gasteiger partial charge in [0.15, 0.2) is 0 Å². The number of nitrogens with one attached hydrogen (secondary N) is 2. The predicted octanol–water partition coefficient (Wildman–Crippen LogP) is 5.37. The minimum atomic E-state index is -0.194. The number of hydrogen-bond donors (Lipinski definition) is 2. The van der Waals surface area contributed by atoms with Gasteiger partial charge in [-0.25, -0.2) is 4.98 Å². The fraction of sp³-hybridized carbons (Fsp3) is 0.286. The average molecular weight is 383 g/mol. The van der Waals surface area contributed by atoms with Gasteiger partial charge in [-0.05, 0) is 47.7 Å². The summed E-state index contributed by atoms with van der Waals surface area (Å²) in [5.74, 6) is 1.42. The van der Waals surface area contributed by atoms with Crippen molar-refractivity contribution in [3.05, 3.63) is 47.5 Å². The minimum Gasteiger partial charge on any atom is -0.369 e. The van der Waals surface area contributed by atoms with Gasteiger partial charge in [0.2, 0.25) is 11.9 Å². The van der Waals surface area contributed by atoms with Gasteiger partial charge >= 0.3 is 0 Å². The molecule has 0 atom stereocenters. The quantitative estimate of drug-likeness (QED) is 0.601. The number of fused-ring (bicyclic) bond motifs is 1. The Kier molecular flexibility index (Phi) is 5.91. The number of carbonyl (C=O) groups excluding carboxylic acids is 1. The van der Waals surface area contributed by atoms with Crippen LogP contribution in [0.4, 0.5) is 11.8 Å². The number of nitrogens with zero attached hydrogens (tertiary/aromatic N) is 2. The van der Waals surface area contributed by atoms with Crippen LogP contribution in [0.5, 0.6) is 0 Å². The second kappa shape index (κ2) is 8.35. The number of benzene rings is 2. The molecule has 0 aliphatic rings. The van der Waals surface area contributed by atoms with E-state index in [0.717, 1.165) is 40.8 Å². The molecule has 0 radical (unpaired) electrons. The molecular formula is C21H23ClN4O. The normalized spacial score (nSPS) is 11.0. The summed E-state index contributed by atoms with van der Waals surface area (Å²) in [6.07, 6.45) is 1.03. The van der Waals surface area contributed by atoms with Gasteiger partial charge in [-0.1, -0.05) is 43.6 Å². The van der Waals surface area contributed by atoms with Crippen molar-refractivity contribution in [1.29, 1.82) is 0 Å². The van der Waals surface area contributed by atoms with Crippen molar-refractivity contribution in [2.24, 2.45) is 5.92 Å². The lowest BCUT2D eigenvalue weighted by Gasteiger charge is -2.13. The van der Waals surface area contributed by atoms with Crippen LogP contribution < -0.4 is 10.6 Å². The Morgan fingerprint density at radius 2 is 1.78 bits per heavy atom. The van der Waals surface area contributed by atoms with Crippen LogP contribution in [0.3, 0.4) is 0 Å². The van der Waals surface area contributed by atoms with Gasteiger partial charge in [-0.3, -0.25) is 10.1 Å².